The summed E-state index contributed by atoms with van der Waals surface area (Å²) in [5.74, 6) is 0. The second-order valence-electron chi connectivity index (χ2n) is 4.95. The number of hydrogen-bond donors (Lipinski definition) is 1. The molecular weight excluding hydrogens is 216 g/mol. The molecule has 0 heterocycles. The minimum absolute atomic E-state index is 0.0316. The van der Waals surface area contributed by atoms with Crippen molar-refractivity contribution in [1.29, 1.82) is 0 Å². The van der Waals surface area contributed by atoms with E-state index in [-0.39, 0.29) is 16.0 Å². The summed E-state index contributed by atoms with van der Waals surface area (Å²) in [6.45, 7) is 2.59. The van der Waals surface area contributed by atoms with E-state index in [0.29, 0.717) is 6.54 Å². The predicted molar refractivity (Wildman–Crippen MR) is 67.0 cm³/mol. The minimum Gasteiger partial charge on any atom is -0.330 e. The lowest BCUT2D eigenvalue weighted by molar-refractivity contribution is -0.385. The van der Waals surface area contributed by atoms with E-state index in [9.17, 15) is 10.1 Å². The number of benzene rings is 1. The standard InChI is InChI=1S/C13H18N2O2/c1-10-4-5-11(15(16)17)8-12(10)13(9-14)6-2-3-7-13/h4-5,8H,2-3,6-7,9,14H2,1H3. The molecule has 4 nitrogen and oxygen atoms in total. The first-order valence-corrected chi connectivity index (χ1v) is 6.05. The lowest BCUT2D eigenvalue weighted by Crippen LogP contribution is -2.32. The lowest BCUT2D eigenvalue weighted by atomic mass is 9.77. The van der Waals surface area contributed by atoms with Gasteiger partial charge in [0.05, 0.1) is 4.92 Å². The van der Waals surface area contributed by atoms with E-state index in [1.807, 2.05) is 13.0 Å². The molecule has 1 saturated carbocycles. The molecule has 2 rings (SSSR count). The molecule has 92 valence electrons. The summed E-state index contributed by atoms with van der Waals surface area (Å²) in [6.07, 6.45) is 4.43. The zero-order valence-corrected chi connectivity index (χ0v) is 10.1. The highest BCUT2D eigenvalue weighted by Crippen LogP contribution is 2.42. The Kier molecular flexibility index (Phi) is 3.15. The number of rotatable bonds is 3. The molecule has 0 unspecified atom stereocenters. The fourth-order valence-electron chi connectivity index (χ4n) is 2.93. The largest absolute Gasteiger partial charge is 0.330 e. The molecule has 0 bridgehead atoms. The molecular formula is C13H18N2O2. The average Bonchev–Trinajstić information content (AvgIpc) is 2.79. The van der Waals surface area contributed by atoms with E-state index in [2.05, 4.69) is 0 Å². The Morgan fingerprint density at radius 1 is 1.41 bits per heavy atom. The van der Waals surface area contributed by atoms with Crippen LogP contribution in [0.15, 0.2) is 18.2 Å². The number of nitrogens with zero attached hydrogens (tertiary/aromatic N) is 1. The van der Waals surface area contributed by atoms with Gasteiger partial charge in [-0.25, -0.2) is 0 Å². The van der Waals surface area contributed by atoms with Gasteiger partial charge < -0.3 is 5.73 Å². The Morgan fingerprint density at radius 3 is 2.59 bits per heavy atom. The average molecular weight is 234 g/mol. The third-order valence-electron chi connectivity index (χ3n) is 3.95. The van der Waals surface area contributed by atoms with Gasteiger partial charge in [-0.2, -0.15) is 0 Å². The molecule has 4 heteroatoms. The number of non-ortho nitro benzene ring substituents is 1. The number of hydrogen-bond acceptors (Lipinski definition) is 3. The molecule has 1 aromatic rings. The Balaban J connectivity index is 2.49. The van der Waals surface area contributed by atoms with Gasteiger partial charge in [0.1, 0.15) is 0 Å². The molecule has 0 spiro atoms. The van der Waals surface area contributed by atoms with Crippen molar-refractivity contribution in [3.05, 3.63) is 39.4 Å². The molecule has 0 amide bonds. The molecule has 1 aliphatic carbocycles. The summed E-state index contributed by atoms with van der Waals surface area (Å²) < 4.78 is 0. The highest BCUT2D eigenvalue weighted by molar-refractivity contribution is 5.44. The van der Waals surface area contributed by atoms with Gasteiger partial charge in [0.25, 0.3) is 5.69 Å². The molecule has 0 aromatic heterocycles. The normalized spacial score (nSPS) is 18.2. The lowest BCUT2D eigenvalue weighted by Gasteiger charge is -2.29. The van der Waals surface area contributed by atoms with Crippen molar-refractivity contribution < 1.29 is 4.92 Å². The molecule has 1 aliphatic rings. The van der Waals surface area contributed by atoms with Crippen LogP contribution >= 0.6 is 0 Å². The summed E-state index contributed by atoms with van der Waals surface area (Å²) in [5.41, 5.74) is 8.26. The maximum Gasteiger partial charge on any atom is 0.269 e. The highest BCUT2D eigenvalue weighted by atomic mass is 16.6. The summed E-state index contributed by atoms with van der Waals surface area (Å²) in [6, 6.07) is 5.12. The molecule has 0 aliphatic heterocycles. The number of nitrogens with two attached hydrogens (primary N) is 1. The highest BCUT2D eigenvalue weighted by Gasteiger charge is 2.36. The van der Waals surface area contributed by atoms with E-state index in [4.69, 9.17) is 5.73 Å². The van der Waals surface area contributed by atoms with Crippen molar-refractivity contribution in [2.75, 3.05) is 6.54 Å². The topological polar surface area (TPSA) is 69.2 Å². The monoisotopic (exact) mass is 234 g/mol. The van der Waals surface area contributed by atoms with Crippen LogP contribution in [0, 0.1) is 17.0 Å². The summed E-state index contributed by atoms with van der Waals surface area (Å²) >= 11 is 0. The first-order chi connectivity index (χ1) is 8.09. The smallest absolute Gasteiger partial charge is 0.269 e. The third kappa shape index (κ3) is 2.05. The summed E-state index contributed by atoms with van der Waals surface area (Å²) in [4.78, 5) is 10.5. The first-order valence-electron chi connectivity index (χ1n) is 6.05. The van der Waals surface area contributed by atoms with Crippen molar-refractivity contribution in [3.8, 4) is 0 Å². The van der Waals surface area contributed by atoms with Crippen molar-refractivity contribution in [2.24, 2.45) is 5.73 Å². The summed E-state index contributed by atoms with van der Waals surface area (Å²) in [5, 5.41) is 10.8. The van der Waals surface area contributed by atoms with Gasteiger partial charge in [0, 0.05) is 24.1 Å². The van der Waals surface area contributed by atoms with Gasteiger partial charge in [-0.3, -0.25) is 10.1 Å². The van der Waals surface area contributed by atoms with Gasteiger partial charge in [0.15, 0.2) is 0 Å². The minimum atomic E-state index is -0.331. The van der Waals surface area contributed by atoms with Crippen molar-refractivity contribution in [2.45, 2.75) is 38.0 Å². The Bertz CT molecular complexity index is 437. The van der Waals surface area contributed by atoms with Gasteiger partial charge >= 0.3 is 0 Å². The number of aryl methyl sites for hydroxylation is 1. The van der Waals surface area contributed by atoms with E-state index in [1.165, 1.54) is 12.8 Å². The van der Waals surface area contributed by atoms with Crippen LogP contribution < -0.4 is 5.73 Å². The SMILES string of the molecule is Cc1ccc([N+](=O)[O-])cc1C1(CN)CCCC1. The predicted octanol–water partition coefficient (Wildman–Crippen LogP) is 2.67. The molecule has 0 radical (unpaired) electrons. The quantitative estimate of drug-likeness (QED) is 0.645. The zero-order valence-electron chi connectivity index (χ0n) is 10.1. The molecule has 2 N–H and O–H groups in total. The fourth-order valence-corrected chi connectivity index (χ4v) is 2.93. The van der Waals surface area contributed by atoms with Crippen molar-refractivity contribution >= 4 is 5.69 Å². The first kappa shape index (κ1) is 12.0. The van der Waals surface area contributed by atoms with Crippen molar-refractivity contribution in [3.63, 3.8) is 0 Å². The van der Waals surface area contributed by atoms with Crippen LogP contribution in [0.3, 0.4) is 0 Å². The van der Waals surface area contributed by atoms with Gasteiger partial charge in [-0.15, -0.1) is 0 Å². The third-order valence-corrected chi connectivity index (χ3v) is 3.95. The van der Waals surface area contributed by atoms with Gasteiger partial charge in [0.2, 0.25) is 0 Å². The maximum absolute atomic E-state index is 10.8. The molecule has 0 atom stereocenters. The van der Waals surface area contributed by atoms with Crippen LogP contribution in [0.5, 0.6) is 0 Å². The van der Waals surface area contributed by atoms with Crippen molar-refractivity contribution in [1.82, 2.24) is 0 Å². The number of nitro benzene ring substituents is 1. The van der Waals surface area contributed by atoms with Crippen LogP contribution in [0.2, 0.25) is 0 Å². The van der Waals surface area contributed by atoms with Crippen LogP contribution in [-0.4, -0.2) is 11.5 Å². The second kappa shape index (κ2) is 4.45. The fraction of sp³-hybridized carbons (Fsp3) is 0.538. The molecule has 1 aromatic carbocycles. The van der Waals surface area contributed by atoms with Crippen LogP contribution in [0.4, 0.5) is 5.69 Å². The zero-order chi connectivity index (χ0) is 12.5. The maximum atomic E-state index is 10.8. The molecule has 17 heavy (non-hydrogen) atoms. The van der Waals surface area contributed by atoms with E-state index >= 15 is 0 Å². The number of nitro groups is 1. The molecule has 0 saturated heterocycles. The Labute approximate surface area is 101 Å². The van der Waals surface area contributed by atoms with Crippen LogP contribution in [-0.2, 0) is 5.41 Å². The van der Waals surface area contributed by atoms with E-state index in [1.54, 1.807) is 12.1 Å². The Morgan fingerprint density at radius 2 is 2.06 bits per heavy atom. The van der Waals surface area contributed by atoms with Crippen LogP contribution in [0.1, 0.15) is 36.8 Å². The second-order valence-corrected chi connectivity index (χ2v) is 4.95. The Hall–Kier alpha value is -1.42. The van der Waals surface area contributed by atoms with Gasteiger partial charge in [-0.05, 0) is 30.9 Å². The molecule has 1 fully saturated rings. The van der Waals surface area contributed by atoms with Gasteiger partial charge in [-0.1, -0.05) is 18.9 Å². The summed E-state index contributed by atoms with van der Waals surface area (Å²) in [7, 11) is 0. The van der Waals surface area contributed by atoms with E-state index in [0.717, 1.165) is 24.0 Å². The van der Waals surface area contributed by atoms with E-state index < -0.39 is 0 Å². The van der Waals surface area contributed by atoms with Crippen LogP contribution in [0.25, 0.3) is 0 Å².